The number of benzene rings is 2. The van der Waals surface area contributed by atoms with Crippen LogP contribution in [0, 0.1) is 0 Å². The molecule has 0 aliphatic heterocycles. The van der Waals surface area contributed by atoms with Crippen molar-refractivity contribution < 1.29 is 4.74 Å². The Morgan fingerprint density at radius 1 is 1.04 bits per heavy atom. The van der Waals surface area contributed by atoms with Crippen molar-refractivity contribution in [1.82, 2.24) is 9.97 Å². The third-order valence-corrected chi connectivity index (χ3v) is 4.85. The van der Waals surface area contributed by atoms with Crippen LogP contribution in [0.4, 0.5) is 11.5 Å². The number of aromatic nitrogens is 2. The summed E-state index contributed by atoms with van der Waals surface area (Å²) in [4.78, 5) is 10.4. The van der Waals surface area contributed by atoms with Crippen molar-refractivity contribution in [2.75, 3.05) is 12.4 Å². The number of hydrogen-bond acceptors (Lipinski definition) is 5. The zero-order chi connectivity index (χ0) is 17.2. The van der Waals surface area contributed by atoms with Gasteiger partial charge in [-0.3, -0.25) is 0 Å². The lowest BCUT2D eigenvalue weighted by Crippen LogP contribution is -1.99. The molecule has 0 aliphatic rings. The molecule has 4 rings (SSSR count). The summed E-state index contributed by atoms with van der Waals surface area (Å²) < 4.78 is 5.20. The van der Waals surface area contributed by atoms with Crippen molar-refractivity contribution >= 4 is 45.3 Å². The van der Waals surface area contributed by atoms with Gasteiger partial charge in [0.2, 0.25) is 0 Å². The van der Waals surface area contributed by atoms with Crippen LogP contribution < -0.4 is 10.1 Å². The quantitative estimate of drug-likeness (QED) is 0.497. The molecule has 0 fully saturated rings. The average molecular weight is 368 g/mol. The predicted molar refractivity (Wildman–Crippen MR) is 104 cm³/mol. The van der Waals surface area contributed by atoms with Crippen molar-refractivity contribution in [3.8, 4) is 16.5 Å². The molecule has 4 aromatic rings. The molecular formula is C19H14ClN3OS. The van der Waals surface area contributed by atoms with Gasteiger partial charge in [0, 0.05) is 16.1 Å². The Kier molecular flexibility index (Phi) is 4.26. The molecule has 2 aromatic heterocycles. The van der Waals surface area contributed by atoms with Crippen LogP contribution in [0.15, 0.2) is 60.0 Å². The molecule has 6 heteroatoms. The second-order valence-electron chi connectivity index (χ2n) is 5.39. The summed E-state index contributed by atoms with van der Waals surface area (Å²) in [5.74, 6) is 2.24. The second-order valence-corrected chi connectivity index (χ2v) is 6.77. The Hall–Kier alpha value is -2.63. The Bertz CT molecular complexity index is 1020. The van der Waals surface area contributed by atoms with E-state index in [9.17, 15) is 0 Å². The van der Waals surface area contributed by atoms with Gasteiger partial charge in [-0.05, 0) is 53.9 Å². The normalized spacial score (nSPS) is 10.8. The first-order valence-electron chi connectivity index (χ1n) is 7.65. The fraction of sp³-hybridized carbons (Fsp3) is 0.0526. The van der Waals surface area contributed by atoms with Gasteiger partial charge in [-0.15, -0.1) is 11.3 Å². The van der Waals surface area contributed by atoms with Crippen LogP contribution in [0.2, 0.25) is 5.02 Å². The zero-order valence-electron chi connectivity index (χ0n) is 13.4. The van der Waals surface area contributed by atoms with Crippen molar-refractivity contribution in [3.05, 3.63) is 65.0 Å². The van der Waals surface area contributed by atoms with E-state index in [0.717, 1.165) is 33.0 Å². The van der Waals surface area contributed by atoms with Crippen molar-refractivity contribution in [2.45, 2.75) is 0 Å². The van der Waals surface area contributed by atoms with Crippen LogP contribution in [0.3, 0.4) is 0 Å². The SMILES string of the molecule is COc1ccc(Nc2nc(-c3cccs3)nc3cc(Cl)ccc23)cc1. The largest absolute Gasteiger partial charge is 0.497 e. The topological polar surface area (TPSA) is 47.0 Å². The number of methoxy groups -OCH3 is 1. The number of rotatable bonds is 4. The predicted octanol–water partition coefficient (Wildman–Crippen LogP) is 5.76. The Morgan fingerprint density at radius 3 is 2.60 bits per heavy atom. The molecule has 4 nitrogen and oxygen atoms in total. The Labute approximate surface area is 154 Å². The molecule has 0 saturated carbocycles. The van der Waals surface area contributed by atoms with Gasteiger partial charge in [0.1, 0.15) is 11.6 Å². The monoisotopic (exact) mass is 367 g/mol. The maximum Gasteiger partial charge on any atom is 0.172 e. The van der Waals surface area contributed by atoms with Gasteiger partial charge >= 0.3 is 0 Å². The highest BCUT2D eigenvalue weighted by Crippen LogP contribution is 2.31. The molecule has 0 unspecified atom stereocenters. The molecule has 2 aromatic carbocycles. The van der Waals surface area contributed by atoms with Crippen LogP contribution in [-0.2, 0) is 0 Å². The molecule has 0 bridgehead atoms. The standard InChI is InChI=1S/C19H14ClN3OS/c1-24-14-7-5-13(6-8-14)21-18-15-9-4-12(20)11-16(15)22-19(23-18)17-3-2-10-25-17/h2-11H,1H3,(H,21,22,23). The van der Waals surface area contributed by atoms with Gasteiger partial charge in [0.15, 0.2) is 5.82 Å². The van der Waals surface area contributed by atoms with Crippen LogP contribution in [0.5, 0.6) is 5.75 Å². The van der Waals surface area contributed by atoms with E-state index in [0.29, 0.717) is 10.8 Å². The molecule has 2 heterocycles. The lowest BCUT2D eigenvalue weighted by atomic mass is 10.2. The van der Waals surface area contributed by atoms with Gasteiger partial charge in [0.25, 0.3) is 0 Å². The number of anilines is 2. The van der Waals surface area contributed by atoms with E-state index in [1.54, 1.807) is 18.4 Å². The van der Waals surface area contributed by atoms with E-state index in [-0.39, 0.29) is 0 Å². The summed E-state index contributed by atoms with van der Waals surface area (Å²) in [6.07, 6.45) is 0. The molecule has 0 saturated heterocycles. The molecule has 0 spiro atoms. The highest BCUT2D eigenvalue weighted by Gasteiger charge is 2.11. The lowest BCUT2D eigenvalue weighted by molar-refractivity contribution is 0.415. The first-order valence-corrected chi connectivity index (χ1v) is 8.91. The molecule has 124 valence electrons. The number of hydrogen-bond donors (Lipinski definition) is 1. The van der Waals surface area contributed by atoms with E-state index in [2.05, 4.69) is 10.3 Å². The fourth-order valence-electron chi connectivity index (χ4n) is 2.53. The van der Waals surface area contributed by atoms with Gasteiger partial charge in [0.05, 0.1) is 17.5 Å². The summed E-state index contributed by atoms with van der Waals surface area (Å²) in [7, 11) is 1.65. The maximum atomic E-state index is 6.15. The third-order valence-electron chi connectivity index (χ3n) is 3.75. The number of nitrogens with zero attached hydrogens (tertiary/aromatic N) is 2. The number of nitrogens with one attached hydrogen (secondary N) is 1. The van der Waals surface area contributed by atoms with E-state index >= 15 is 0 Å². The fourth-order valence-corrected chi connectivity index (χ4v) is 3.35. The van der Waals surface area contributed by atoms with Crippen molar-refractivity contribution in [3.63, 3.8) is 0 Å². The summed E-state index contributed by atoms with van der Waals surface area (Å²) >= 11 is 7.76. The molecular weight excluding hydrogens is 354 g/mol. The van der Waals surface area contributed by atoms with E-state index in [1.165, 1.54) is 0 Å². The van der Waals surface area contributed by atoms with Crippen molar-refractivity contribution in [2.24, 2.45) is 0 Å². The molecule has 0 atom stereocenters. The second kappa shape index (κ2) is 6.70. The number of thiophene rings is 1. The minimum Gasteiger partial charge on any atom is -0.497 e. The number of fused-ring (bicyclic) bond motifs is 1. The van der Waals surface area contributed by atoms with Crippen molar-refractivity contribution in [1.29, 1.82) is 0 Å². The smallest absolute Gasteiger partial charge is 0.172 e. The van der Waals surface area contributed by atoms with Gasteiger partial charge < -0.3 is 10.1 Å². The van der Waals surface area contributed by atoms with E-state index in [4.69, 9.17) is 21.3 Å². The minimum absolute atomic E-state index is 0.652. The lowest BCUT2D eigenvalue weighted by Gasteiger charge is -2.11. The summed E-state index contributed by atoms with van der Waals surface area (Å²) in [6.45, 7) is 0. The van der Waals surface area contributed by atoms with Gasteiger partial charge in [-0.2, -0.15) is 0 Å². The molecule has 0 radical (unpaired) electrons. The number of halogens is 1. The van der Waals surface area contributed by atoms with Crippen LogP contribution >= 0.6 is 22.9 Å². The average Bonchev–Trinajstić information content (AvgIpc) is 3.16. The Balaban J connectivity index is 1.82. The molecule has 0 amide bonds. The third kappa shape index (κ3) is 3.29. The van der Waals surface area contributed by atoms with Gasteiger partial charge in [-0.25, -0.2) is 9.97 Å². The zero-order valence-corrected chi connectivity index (χ0v) is 14.9. The van der Waals surface area contributed by atoms with Gasteiger partial charge in [-0.1, -0.05) is 17.7 Å². The van der Waals surface area contributed by atoms with Crippen LogP contribution in [0.25, 0.3) is 21.6 Å². The maximum absolute atomic E-state index is 6.15. The highest BCUT2D eigenvalue weighted by atomic mass is 35.5. The van der Waals surface area contributed by atoms with E-state index < -0.39 is 0 Å². The molecule has 1 N–H and O–H groups in total. The van der Waals surface area contributed by atoms with Crippen LogP contribution in [-0.4, -0.2) is 17.1 Å². The molecule has 0 aliphatic carbocycles. The number of ether oxygens (including phenoxy) is 1. The van der Waals surface area contributed by atoms with E-state index in [1.807, 2.05) is 60.0 Å². The first kappa shape index (κ1) is 15.9. The Morgan fingerprint density at radius 2 is 1.88 bits per heavy atom. The van der Waals surface area contributed by atoms with Crippen LogP contribution in [0.1, 0.15) is 0 Å². The highest BCUT2D eigenvalue weighted by molar-refractivity contribution is 7.13. The molecule has 25 heavy (non-hydrogen) atoms. The summed E-state index contributed by atoms with van der Waals surface area (Å²) in [6, 6.07) is 17.3. The minimum atomic E-state index is 0.652. The summed E-state index contributed by atoms with van der Waals surface area (Å²) in [5, 5.41) is 6.96. The first-order chi connectivity index (χ1) is 12.2. The summed E-state index contributed by atoms with van der Waals surface area (Å²) in [5.41, 5.74) is 1.73.